The lowest BCUT2D eigenvalue weighted by atomic mass is 10.1. The third-order valence-corrected chi connectivity index (χ3v) is 2.55. The Morgan fingerprint density at radius 2 is 1.39 bits per heavy atom. The van der Waals surface area contributed by atoms with Crippen molar-refractivity contribution < 1.29 is 9.47 Å². The molecule has 0 fully saturated rings. The first kappa shape index (κ1) is 15.9. The molecule has 0 amide bonds. The van der Waals surface area contributed by atoms with Crippen LogP contribution in [0.25, 0.3) is 0 Å². The second kappa shape index (κ2) is 8.86. The van der Waals surface area contributed by atoms with Gasteiger partial charge in [-0.3, -0.25) is 0 Å². The zero-order valence-electron chi connectivity index (χ0n) is 11.0. The molecule has 2 atom stereocenters. The van der Waals surface area contributed by atoms with E-state index in [1.54, 1.807) is 0 Å². The third-order valence-electron chi connectivity index (χ3n) is 2.25. The standard InChI is InChI=1S/C14H22O2S2/c1-11(17)7-15-9-13-4-3-5-14(6-13)10-16-8-12(2)18/h3-6,11-12,17-18H,7-10H2,1-2H3. The van der Waals surface area contributed by atoms with Gasteiger partial charge >= 0.3 is 0 Å². The molecule has 0 aliphatic carbocycles. The molecule has 2 unspecified atom stereocenters. The van der Waals surface area contributed by atoms with Crippen LogP contribution in [0.5, 0.6) is 0 Å². The zero-order valence-corrected chi connectivity index (χ0v) is 12.8. The summed E-state index contributed by atoms with van der Waals surface area (Å²) in [4.78, 5) is 0. The van der Waals surface area contributed by atoms with E-state index < -0.39 is 0 Å². The van der Waals surface area contributed by atoms with Crippen LogP contribution in [0.4, 0.5) is 0 Å². The van der Waals surface area contributed by atoms with Gasteiger partial charge in [-0.15, -0.1) is 0 Å². The molecule has 1 aromatic carbocycles. The summed E-state index contributed by atoms with van der Waals surface area (Å²) in [6.45, 7) is 6.63. The molecule has 0 saturated carbocycles. The summed E-state index contributed by atoms with van der Waals surface area (Å²) >= 11 is 8.56. The van der Waals surface area contributed by atoms with Crippen molar-refractivity contribution in [1.29, 1.82) is 0 Å². The van der Waals surface area contributed by atoms with Gasteiger partial charge in [-0.25, -0.2) is 0 Å². The van der Waals surface area contributed by atoms with Crippen molar-refractivity contribution in [1.82, 2.24) is 0 Å². The topological polar surface area (TPSA) is 18.5 Å². The summed E-state index contributed by atoms with van der Waals surface area (Å²) in [6.07, 6.45) is 0. The molecule has 0 aromatic heterocycles. The van der Waals surface area contributed by atoms with Gasteiger partial charge in [0.2, 0.25) is 0 Å². The largest absolute Gasteiger partial charge is 0.376 e. The highest BCUT2D eigenvalue weighted by molar-refractivity contribution is 7.81. The van der Waals surface area contributed by atoms with Crippen LogP contribution in [0.3, 0.4) is 0 Å². The lowest BCUT2D eigenvalue weighted by Crippen LogP contribution is -2.06. The summed E-state index contributed by atoms with van der Waals surface area (Å²) in [5.41, 5.74) is 2.34. The molecule has 0 spiro atoms. The van der Waals surface area contributed by atoms with Crippen LogP contribution in [-0.4, -0.2) is 23.7 Å². The van der Waals surface area contributed by atoms with E-state index in [4.69, 9.17) is 9.47 Å². The highest BCUT2D eigenvalue weighted by Gasteiger charge is 2.00. The van der Waals surface area contributed by atoms with Crippen molar-refractivity contribution in [3.63, 3.8) is 0 Å². The Hall–Kier alpha value is -0.160. The highest BCUT2D eigenvalue weighted by Crippen LogP contribution is 2.09. The van der Waals surface area contributed by atoms with E-state index in [0.717, 1.165) is 0 Å². The molecular formula is C14H22O2S2. The van der Waals surface area contributed by atoms with Crippen LogP contribution >= 0.6 is 25.3 Å². The second-order valence-electron chi connectivity index (χ2n) is 4.55. The smallest absolute Gasteiger partial charge is 0.0717 e. The van der Waals surface area contributed by atoms with E-state index in [9.17, 15) is 0 Å². The number of ether oxygens (including phenoxy) is 2. The van der Waals surface area contributed by atoms with E-state index in [-0.39, 0.29) is 10.5 Å². The molecule has 2 nitrogen and oxygen atoms in total. The third kappa shape index (κ3) is 7.31. The summed E-state index contributed by atoms with van der Waals surface area (Å²) in [5.74, 6) is 0. The predicted molar refractivity (Wildman–Crippen MR) is 82.7 cm³/mol. The zero-order chi connectivity index (χ0) is 13.4. The van der Waals surface area contributed by atoms with Crippen molar-refractivity contribution in [2.24, 2.45) is 0 Å². The normalized spacial score (nSPS) is 14.4. The summed E-state index contributed by atoms with van der Waals surface area (Å²) in [5, 5.41) is 0.543. The number of hydrogen-bond acceptors (Lipinski definition) is 4. The lowest BCUT2D eigenvalue weighted by Gasteiger charge is -2.09. The number of rotatable bonds is 8. The minimum Gasteiger partial charge on any atom is -0.376 e. The number of thiol groups is 2. The molecule has 0 bridgehead atoms. The minimum absolute atomic E-state index is 0.272. The first-order chi connectivity index (χ1) is 8.58. The van der Waals surface area contributed by atoms with Gasteiger partial charge in [-0.1, -0.05) is 38.1 Å². The van der Waals surface area contributed by atoms with Gasteiger partial charge in [0.05, 0.1) is 26.4 Å². The Balaban J connectivity index is 2.36. The quantitative estimate of drug-likeness (QED) is 0.714. The molecule has 0 aliphatic rings. The molecular weight excluding hydrogens is 264 g/mol. The Kier molecular flexibility index (Phi) is 7.82. The van der Waals surface area contributed by atoms with E-state index in [2.05, 4.69) is 43.5 Å². The van der Waals surface area contributed by atoms with Crippen LogP contribution in [0.15, 0.2) is 24.3 Å². The highest BCUT2D eigenvalue weighted by atomic mass is 32.1. The van der Waals surface area contributed by atoms with Gasteiger partial charge in [-0.2, -0.15) is 25.3 Å². The van der Waals surface area contributed by atoms with E-state index >= 15 is 0 Å². The minimum atomic E-state index is 0.272. The van der Waals surface area contributed by atoms with Gasteiger partial charge in [0.15, 0.2) is 0 Å². The summed E-state index contributed by atoms with van der Waals surface area (Å²) < 4.78 is 11.1. The fourth-order valence-corrected chi connectivity index (χ4v) is 1.71. The Morgan fingerprint density at radius 3 is 1.78 bits per heavy atom. The molecule has 0 saturated heterocycles. The maximum absolute atomic E-state index is 5.55. The first-order valence-electron chi connectivity index (χ1n) is 6.17. The number of benzene rings is 1. The molecule has 1 rings (SSSR count). The van der Waals surface area contributed by atoms with Gasteiger partial charge < -0.3 is 9.47 Å². The monoisotopic (exact) mass is 286 g/mol. The van der Waals surface area contributed by atoms with Crippen LogP contribution in [0, 0.1) is 0 Å². The average molecular weight is 286 g/mol. The first-order valence-corrected chi connectivity index (χ1v) is 7.20. The summed E-state index contributed by atoms with van der Waals surface area (Å²) in [7, 11) is 0. The van der Waals surface area contributed by atoms with Crippen molar-refractivity contribution in [2.45, 2.75) is 37.6 Å². The van der Waals surface area contributed by atoms with E-state index in [1.807, 2.05) is 19.9 Å². The maximum Gasteiger partial charge on any atom is 0.0717 e. The molecule has 0 radical (unpaired) electrons. The van der Waals surface area contributed by atoms with Crippen molar-refractivity contribution in [3.8, 4) is 0 Å². The van der Waals surface area contributed by atoms with E-state index in [0.29, 0.717) is 26.4 Å². The van der Waals surface area contributed by atoms with Gasteiger partial charge in [-0.05, 0) is 11.1 Å². The molecule has 102 valence electrons. The van der Waals surface area contributed by atoms with Crippen LogP contribution < -0.4 is 0 Å². The Bertz CT molecular complexity index is 311. The molecule has 18 heavy (non-hydrogen) atoms. The Morgan fingerprint density at radius 1 is 0.944 bits per heavy atom. The molecule has 0 N–H and O–H groups in total. The lowest BCUT2D eigenvalue weighted by molar-refractivity contribution is 0.121. The average Bonchev–Trinajstić information content (AvgIpc) is 2.28. The maximum atomic E-state index is 5.55. The van der Waals surface area contributed by atoms with Crippen molar-refractivity contribution in [2.75, 3.05) is 13.2 Å². The predicted octanol–water partition coefficient (Wildman–Crippen LogP) is 3.36. The van der Waals surface area contributed by atoms with Crippen LogP contribution in [0.1, 0.15) is 25.0 Å². The molecule has 0 heterocycles. The Labute approximate surface area is 121 Å². The van der Waals surface area contributed by atoms with Crippen molar-refractivity contribution in [3.05, 3.63) is 35.4 Å². The number of hydrogen-bond donors (Lipinski definition) is 2. The van der Waals surface area contributed by atoms with Gasteiger partial charge in [0, 0.05) is 10.5 Å². The second-order valence-corrected chi connectivity index (χ2v) is 6.31. The fraction of sp³-hybridized carbons (Fsp3) is 0.571. The van der Waals surface area contributed by atoms with E-state index in [1.165, 1.54) is 11.1 Å². The van der Waals surface area contributed by atoms with Crippen LogP contribution in [0.2, 0.25) is 0 Å². The van der Waals surface area contributed by atoms with Gasteiger partial charge in [0.1, 0.15) is 0 Å². The summed E-state index contributed by atoms with van der Waals surface area (Å²) in [6, 6.07) is 8.28. The van der Waals surface area contributed by atoms with Crippen LogP contribution in [-0.2, 0) is 22.7 Å². The van der Waals surface area contributed by atoms with Gasteiger partial charge in [0.25, 0.3) is 0 Å². The SMILES string of the molecule is CC(S)COCc1cccc(COCC(C)S)c1. The molecule has 1 aromatic rings. The fourth-order valence-electron chi connectivity index (χ4n) is 1.50. The van der Waals surface area contributed by atoms with Crippen molar-refractivity contribution >= 4 is 25.3 Å². The molecule has 4 heteroatoms. The molecule has 0 aliphatic heterocycles.